The first-order valence-electron chi connectivity index (χ1n) is 7.65. The lowest BCUT2D eigenvalue weighted by Crippen LogP contribution is -2.16. The van der Waals surface area contributed by atoms with Crippen LogP contribution < -0.4 is 4.74 Å². The molecule has 0 radical (unpaired) electrons. The number of aliphatic carboxylic acids is 1. The molecule has 0 atom stereocenters. The van der Waals surface area contributed by atoms with Gasteiger partial charge in [0.1, 0.15) is 5.75 Å². The van der Waals surface area contributed by atoms with Gasteiger partial charge in [-0.25, -0.2) is 0 Å². The highest BCUT2D eigenvalue weighted by molar-refractivity contribution is 9.10. The molecule has 1 aliphatic rings. The second-order valence-electron chi connectivity index (χ2n) is 5.22. The van der Waals surface area contributed by atoms with Crippen LogP contribution in [0.3, 0.4) is 0 Å². The minimum atomic E-state index is -0.738. The van der Waals surface area contributed by atoms with Crippen LogP contribution >= 0.6 is 28.0 Å². The van der Waals surface area contributed by atoms with Crippen LogP contribution in [0.2, 0.25) is 0 Å². The molecule has 132 valence electrons. The van der Waals surface area contributed by atoms with Gasteiger partial charge in [-0.05, 0) is 57.8 Å². The molecule has 1 aromatic carbocycles. The fraction of sp³-hybridized carbons (Fsp3) is 0.438. The Morgan fingerprint density at radius 3 is 2.88 bits per heavy atom. The molecule has 1 heterocycles. The Bertz CT molecular complexity index is 596. The van der Waals surface area contributed by atoms with Crippen molar-refractivity contribution in [3.05, 3.63) is 33.3 Å². The van der Waals surface area contributed by atoms with Gasteiger partial charge in [0.15, 0.2) is 0 Å². The van der Waals surface area contributed by atoms with Crippen molar-refractivity contribution in [2.75, 3.05) is 13.7 Å². The van der Waals surface area contributed by atoms with Gasteiger partial charge in [-0.3, -0.25) is 4.79 Å². The predicted molar refractivity (Wildman–Crippen MR) is 95.9 cm³/mol. The summed E-state index contributed by atoms with van der Waals surface area (Å²) in [5.41, 5.74) is 0.976. The molecule has 0 aliphatic carbocycles. The highest BCUT2D eigenvalue weighted by Crippen LogP contribution is 2.33. The van der Waals surface area contributed by atoms with Crippen LogP contribution in [0.25, 0.3) is 6.08 Å². The Hall–Kier alpha value is -1.22. The van der Waals surface area contributed by atoms with Crippen LogP contribution in [0.4, 0.5) is 0 Å². The number of hydrogen-bond acceptors (Lipinski definition) is 6. The Kier molecular flexibility index (Phi) is 7.90. The van der Waals surface area contributed by atoms with Crippen LogP contribution in [-0.2, 0) is 13.9 Å². The number of nitrogens with zero attached hydrogens (tertiary/aromatic N) is 1. The molecule has 0 spiro atoms. The maximum atomic E-state index is 10.4. The Balaban J connectivity index is 1.72. The number of benzene rings is 1. The topological polar surface area (TPSA) is 68.2 Å². The minimum Gasteiger partial charge on any atom is -0.496 e. The van der Waals surface area contributed by atoms with Crippen molar-refractivity contribution in [3.63, 3.8) is 0 Å². The largest absolute Gasteiger partial charge is 0.496 e. The number of halogens is 1. The van der Waals surface area contributed by atoms with Crippen molar-refractivity contribution >= 4 is 40.0 Å². The Morgan fingerprint density at radius 2 is 2.17 bits per heavy atom. The summed E-state index contributed by atoms with van der Waals surface area (Å²) >= 11 is 4.63. The molecule has 1 aliphatic heterocycles. The number of unbranched alkanes of at least 4 members (excludes halogenated alkanes) is 3. The van der Waals surface area contributed by atoms with Crippen molar-refractivity contribution in [1.82, 2.24) is 5.23 Å². The number of rotatable bonds is 9. The summed E-state index contributed by atoms with van der Waals surface area (Å²) in [5.74, 6) is 0.0375. The lowest BCUT2D eigenvalue weighted by Gasteiger charge is -2.10. The molecule has 0 amide bonds. The molecular weight excluding hydrogens is 398 g/mol. The number of methoxy groups -OCH3 is 1. The zero-order chi connectivity index (χ0) is 17.4. The van der Waals surface area contributed by atoms with E-state index in [1.807, 2.05) is 24.3 Å². The maximum Gasteiger partial charge on any atom is 0.303 e. The zero-order valence-corrected chi connectivity index (χ0v) is 15.8. The van der Waals surface area contributed by atoms with Gasteiger partial charge in [-0.15, -0.1) is 0 Å². The summed E-state index contributed by atoms with van der Waals surface area (Å²) in [4.78, 5) is 16.0. The average Bonchev–Trinajstić information content (AvgIpc) is 2.98. The third-order valence-electron chi connectivity index (χ3n) is 3.34. The summed E-state index contributed by atoms with van der Waals surface area (Å²) in [5, 5.41) is 10.7. The molecule has 1 N–H and O–H groups in total. The minimum absolute atomic E-state index is 0.233. The molecule has 0 bridgehead atoms. The monoisotopic (exact) mass is 417 g/mol. The van der Waals surface area contributed by atoms with E-state index >= 15 is 0 Å². The van der Waals surface area contributed by atoms with Gasteiger partial charge in [0.25, 0.3) is 0 Å². The van der Waals surface area contributed by atoms with E-state index in [-0.39, 0.29) is 6.42 Å². The van der Waals surface area contributed by atoms with Gasteiger partial charge >= 0.3 is 5.97 Å². The standard InChI is InChI=1S/C16H20BrNO5S/c1-21-14-8-7-12(10-13(14)17)11-16-22-18(23-24-16)9-5-3-2-4-6-15(19)20/h7-8,10-11H,2-6,9H2,1H3,(H,19,20). The van der Waals surface area contributed by atoms with E-state index in [1.54, 1.807) is 7.11 Å². The molecule has 24 heavy (non-hydrogen) atoms. The van der Waals surface area contributed by atoms with Gasteiger partial charge in [-0.2, -0.15) is 4.28 Å². The van der Waals surface area contributed by atoms with E-state index in [2.05, 4.69) is 15.9 Å². The normalized spacial score (nSPS) is 16.3. The van der Waals surface area contributed by atoms with Crippen molar-refractivity contribution in [2.45, 2.75) is 32.1 Å². The van der Waals surface area contributed by atoms with Crippen LogP contribution in [0.15, 0.2) is 27.8 Å². The average molecular weight is 418 g/mol. The second-order valence-corrected chi connectivity index (χ2v) is 6.79. The van der Waals surface area contributed by atoms with E-state index in [0.29, 0.717) is 18.1 Å². The first kappa shape index (κ1) is 19.1. The van der Waals surface area contributed by atoms with Crippen LogP contribution in [-0.4, -0.2) is 30.0 Å². The highest BCUT2D eigenvalue weighted by atomic mass is 79.9. The van der Waals surface area contributed by atoms with E-state index in [0.717, 1.165) is 35.0 Å². The molecule has 0 saturated carbocycles. The number of carboxylic acids is 1. The van der Waals surface area contributed by atoms with Gasteiger partial charge in [0.05, 0.1) is 30.2 Å². The molecule has 1 aromatic rings. The number of ether oxygens (including phenoxy) is 1. The van der Waals surface area contributed by atoms with Gasteiger partial charge in [0, 0.05) is 6.42 Å². The van der Waals surface area contributed by atoms with Crippen molar-refractivity contribution in [1.29, 1.82) is 0 Å². The lowest BCUT2D eigenvalue weighted by atomic mass is 10.1. The lowest BCUT2D eigenvalue weighted by molar-refractivity contribution is -0.259. The van der Waals surface area contributed by atoms with E-state index < -0.39 is 5.97 Å². The number of carboxylic acid groups (broad SMARTS) is 1. The summed E-state index contributed by atoms with van der Waals surface area (Å²) in [6.45, 7) is 0.643. The quantitative estimate of drug-likeness (QED) is 0.464. The van der Waals surface area contributed by atoms with Crippen molar-refractivity contribution in [3.8, 4) is 5.75 Å². The fourth-order valence-electron chi connectivity index (χ4n) is 2.12. The van der Waals surface area contributed by atoms with Crippen LogP contribution in [0, 0.1) is 0 Å². The number of carbonyl (C=O) groups is 1. The summed E-state index contributed by atoms with van der Waals surface area (Å²) in [7, 11) is 1.63. The second kappa shape index (κ2) is 9.93. The Morgan fingerprint density at radius 1 is 1.38 bits per heavy atom. The van der Waals surface area contributed by atoms with Crippen molar-refractivity contribution < 1.29 is 23.8 Å². The third-order valence-corrected chi connectivity index (χ3v) is 4.55. The third kappa shape index (κ3) is 6.35. The number of hydrogen-bond donors (Lipinski definition) is 1. The first-order chi connectivity index (χ1) is 11.6. The molecule has 2 rings (SSSR count). The zero-order valence-electron chi connectivity index (χ0n) is 13.4. The summed E-state index contributed by atoms with van der Waals surface area (Å²) < 4.78 is 11.5. The van der Waals surface area contributed by atoms with Gasteiger partial charge < -0.3 is 14.7 Å². The number of hydroxylamine groups is 2. The fourth-order valence-corrected chi connectivity index (χ4v) is 3.24. The van der Waals surface area contributed by atoms with E-state index in [4.69, 9.17) is 19.0 Å². The van der Waals surface area contributed by atoms with E-state index in [1.165, 1.54) is 17.3 Å². The molecule has 0 unspecified atom stereocenters. The Labute approximate surface area is 154 Å². The molecule has 1 fully saturated rings. The summed E-state index contributed by atoms with van der Waals surface area (Å²) in [6.07, 6.45) is 5.57. The molecule has 6 nitrogen and oxygen atoms in total. The van der Waals surface area contributed by atoms with Crippen LogP contribution in [0.1, 0.15) is 37.7 Å². The van der Waals surface area contributed by atoms with E-state index in [9.17, 15) is 4.79 Å². The molecular formula is C16H20BrNO5S. The highest BCUT2D eigenvalue weighted by Gasteiger charge is 2.20. The molecule has 8 heteroatoms. The molecule has 0 aromatic heterocycles. The smallest absolute Gasteiger partial charge is 0.303 e. The maximum absolute atomic E-state index is 10.4. The first-order valence-corrected chi connectivity index (χ1v) is 9.19. The van der Waals surface area contributed by atoms with Crippen molar-refractivity contribution in [2.24, 2.45) is 0 Å². The van der Waals surface area contributed by atoms with Gasteiger partial charge in [-0.1, -0.05) is 18.9 Å². The van der Waals surface area contributed by atoms with Gasteiger partial charge in [0.2, 0.25) is 5.09 Å². The predicted octanol–water partition coefficient (Wildman–Crippen LogP) is 4.62. The van der Waals surface area contributed by atoms with Crippen LogP contribution in [0.5, 0.6) is 5.75 Å². The molecule has 1 saturated heterocycles. The summed E-state index contributed by atoms with van der Waals surface area (Å²) in [6, 6.07) is 5.76. The SMILES string of the molecule is COc1ccc(C=C2ON(CCCCCCC(=O)O)OS2)cc1Br.